The standard InChI is InChI=1S/C26H27FN4O2/c1-18-23(26(33)29-15-20-6-3-2-4-7-20)16-28-25(30-18)21-8-5-13-31(17-21)24(32)14-19-9-11-22(27)12-10-19/h2-4,6-7,9-12,16,21H,5,8,13-15,17H2,1H3,(H,29,33). The fraction of sp³-hybridized carbons (Fsp3) is 0.308. The number of nitrogens with one attached hydrogen (secondary N) is 1. The summed E-state index contributed by atoms with van der Waals surface area (Å²) in [6, 6.07) is 15.7. The highest BCUT2D eigenvalue weighted by Gasteiger charge is 2.27. The average molecular weight is 447 g/mol. The molecule has 1 aliphatic rings. The molecule has 33 heavy (non-hydrogen) atoms. The van der Waals surface area contributed by atoms with Crippen LogP contribution in [0.4, 0.5) is 4.39 Å². The van der Waals surface area contributed by atoms with Crippen molar-refractivity contribution in [1.82, 2.24) is 20.2 Å². The summed E-state index contributed by atoms with van der Waals surface area (Å²) in [5, 5.41) is 2.91. The molecule has 4 rings (SSSR count). The largest absolute Gasteiger partial charge is 0.348 e. The van der Waals surface area contributed by atoms with Gasteiger partial charge in [-0.05, 0) is 43.0 Å². The van der Waals surface area contributed by atoms with Gasteiger partial charge in [0.05, 0.1) is 17.7 Å². The third-order valence-electron chi connectivity index (χ3n) is 5.95. The Morgan fingerprint density at radius 3 is 2.58 bits per heavy atom. The second kappa shape index (κ2) is 10.3. The molecule has 2 heterocycles. The number of amides is 2. The average Bonchev–Trinajstić information content (AvgIpc) is 2.84. The molecular weight excluding hydrogens is 419 g/mol. The first-order valence-corrected chi connectivity index (χ1v) is 11.2. The number of piperidine rings is 1. The van der Waals surface area contributed by atoms with Crippen LogP contribution in [-0.4, -0.2) is 39.8 Å². The maximum Gasteiger partial charge on any atom is 0.254 e. The van der Waals surface area contributed by atoms with E-state index in [4.69, 9.17) is 0 Å². The van der Waals surface area contributed by atoms with Crippen molar-refractivity contribution in [3.63, 3.8) is 0 Å². The molecule has 1 atom stereocenters. The Morgan fingerprint density at radius 1 is 1.09 bits per heavy atom. The minimum absolute atomic E-state index is 0.0138. The Morgan fingerprint density at radius 2 is 1.85 bits per heavy atom. The van der Waals surface area contributed by atoms with E-state index >= 15 is 0 Å². The van der Waals surface area contributed by atoms with Crippen LogP contribution in [0, 0.1) is 12.7 Å². The minimum Gasteiger partial charge on any atom is -0.348 e. The number of aromatic nitrogens is 2. The number of aryl methyl sites for hydroxylation is 1. The van der Waals surface area contributed by atoms with Crippen molar-refractivity contribution in [1.29, 1.82) is 0 Å². The van der Waals surface area contributed by atoms with E-state index in [1.54, 1.807) is 18.3 Å². The molecule has 0 bridgehead atoms. The maximum atomic E-state index is 13.1. The van der Waals surface area contributed by atoms with Crippen LogP contribution in [0.5, 0.6) is 0 Å². The van der Waals surface area contributed by atoms with Gasteiger partial charge in [-0.2, -0.15) is 0 Å². The first-order chi connectivity index (χ1) is 16.0. The van der Waals surface area contributed by atoms with Crippen molar-refractivity contribution >= 4 is 11.8 Å². The van der Waals surface area contributed by atoms with Gasteiger partial charge in [0.15, 0.2) is 0 Å². The fourth-order valence-corrected chi connectivity index (χ4v) is 4.08. The molecule has 1 fully saturated rings. The van der Waals surface area contributed by atoms with Crippen molar-refractivity contribution in [2.24, 2.45) is 0 Å². The SMILES string of the molecule is Cc1nc(C2CCCN(C(=O)Cc3ccc(F)cc3)C2)ncc1C(=O)NCc1ccccc1. The van der Waals surface area contributed by atoms with E-state index in [0.717, 1.165) is 24.0 Å². The van der Waals surface area contributed by atoms with Crippen LogP contribution in [0.3, 0.4) is 0 Å². The zero-order valence-electron chi connectivity index (χ0n) is 18.6. The molecular formula is C26H27FN4O2. The van der Waals surface area contributed by atoms with E-state index in [9.17, 15) is 14.0 Å². The van der Waals surface area contributed by atoms with E-state index < -0.39 is 0 Å². The van der Waals surface area contributed by atoms with E-state index in [1.807, 2.05) is 42.2 Å². The molecule has 1 aliphatic heterocycles. The van der Waals surface area contributed by atoms with Crippen molar-refractivity contribution < 1.29 is 14.0 Å². The number of nitrogens with zero attached hydrogens (tertiary/aromatic N) is 3. The summed E-state index contributed by atoms with van der Waals surface area (Å²) in [4.78, 5) is 36.3. The molecule has 1 unspecified atom stereocenters. The number of halogens is 1. The molecule has 3 aromatic rings. The molecule has 1 saturated heterocycles. The number of rotatable bonds is 6. The molecule has 0 radical (unpaired) electrons. The first-order valence-electron chi connectivity index (χ1n) is 11.2. The van der Waals surface area contributed by atoms with Gasteiger partial charge in [0.2, 0.25) is 5.91 Å². The summed E-state index contributed by atoms with van der Waals surface area (Å²) in [5.74, 6) is 0.180. The summed E-state index contributed by atoms with van der Waals surface area (Å²) in [6.07, 6.45) is 3.57. The highest BCUT2D eigenvalue weighted by Crippen LogP contribution is 2.25. The van der Waals surface area contributed by atoms with Gasteiger partial charge >= 0.3 is 0 Å². The molecule has 0 spiro atoms. The predicted octanol–water partition coefficient (Wildman–Crippen LogP) is 3.80. The van der Waals surface area contributed by atoms with Crippen LogP contribution in [0.1, 0.15) is 51.8 Å². The molecule has 1 N–H and O–H groups in total. The van der Waals surface area contributed by atoms with Crippen LogP contribution < -0.4 is 5.32 Å². The van der Waals surface area contributed by atoms with Gasteiger partial charge < -0.3 is 10.2 Å². The van der Waals surface area contributed by atoms with Gasteiger partial charge in [-0.1, -0.05) is 42.5 Å². The maximum absolute atomic E-state index is 13.1. The smallest absolute Gasteiger partial charge is 0.254 e. The van der Waals surface area contributed by atoms with E-state index in [1.165, 1.54) is 12.1 Å². The summed E-state index contributed by atoms with van der Waals surface area (Å²) in [6.45, 7) is 3.48. The molecule has 0 aliphatic carbocycles. The van der Waals surface area contributed by atoms with Crippen molar-refractivity contribution in [2.75, 3.05) is 13.1 Å². The lowest BCUT2D eigenvalue weighted by atomic mass is 9.96. The number of hydrogen-bond donors (Lipinski definition) is 1. The molecule has 6 nitrogen and oxygen atoms in total. The summed E-state index contributed by atoms with van der Waals surface area (Å²) in [7, 11) is 0. The molecule has 0 saturated carbocycles. The van der Waals surface area contributed by atoms with Gasteiger partial charge in [0.1, 0.15) is 11.6 Å². The van der Waals surface area contributed by atoms with Crippen LogP contribution in [0.15, 0.2) is 60.8 Å². The van der Waals surface area contributed by atoms with Gasteiger partial charge in [-0.25, -0.2) is 14.4 Å². The first kappa shape index (κ1) is 22.6. The molecule has 2 aromatic carbocycles. The van der Waals surface area contributed by atoms with Crippen LogP contribution in [-0.2, 0) is 17.8 Å². The third kappa shape index (κ3) is 5.80. The number of likely N-dealkylation sites (tertiary alicyclic amines) is 1. The van der Waals surface area contributed by atoms with Gasteiger partial charge in [0, 0.05) is 31.7 Å². The molecule has 1 aromatic heterocycles. The summed E-state index contributed by atoms with van der Waals surface area (Å²) in [5.41, 5.74) is 2.89. The highest BCUT2D eigenvalue weighted by atomic mass is 19.1. The lowest BCUT2D eigenvalue weighted by Crippen LogP contribution is -2.40. The monoisotopic (exact) mass is 446 g/mol. The predicted molar refractivity (Wildman–Crippen MR) is 123 cm³/mol. The Hall–Kier alpha value is -3.61. The van der Waals surface area contributed by atoms with E-state index in [0.29, 0.717) is 36.7 Å². The topological polar surface area (TPSA) is 75.2 Å². The lowest BCUT2D eigenvalue weighted by Gasteiger charge is -2.32. The Balaban J connectivity index is 1.38. The van der Waals surface area contributed by atoms with Crippen LogP contribution in [0.2, 0.25) is 0 Å². The second-order valence-corrected chi connectivity index (χ2v) is 8.38. The van der Waals surface area contributed by atoms with Gasteiger partial charge in [-0.3, -0.25) is 9.59 Å². The lowest BCUT2D eigenvalue weighted by molar-refractivity contribution is -0.131. The van der Waals surface area contributed by atoms with Crippen molar-refractivity contribution in [2.45, 2.75) is 38.6 Å². The number of hydrogen-bond acceptors (Lipinski definition) is 4. The second-order valence-electron chi connectivity index (χ2n) is 8.38. The summed E-state index contributed by atoms with van der Waals surface area (Å²) < 4.78 is 13.1. The van der Waals surface area contributed by atoms with Crippen molar-refractivity contribution in [3.8, 4) is 0 Å². The molecule has 7 heteroatoms. The highest BCUT2D eigenvalue weighted by molar-refractivity contribution is 5.94. The molecule has 2 amide bonds. The number of carbonyl (C=O) groups is 2. The number of carbonyl (C=O) groups excluding carboxylic acids is 2. The Kier molecular flexibility index (Phi) is 7.07. The Bertz CT molecular complexity index is 1120. The quantitative estimate of drug-likeness (QED) is 0.625. The molecule has 170 valence electrons. The number of benzene rings is 2. The zero-order chi connectivity index (χ0) is 23.2. The van der Waals surface area contributed by atoms with Gasteiger partial charge in [-0.15, -0.1) is 0 Å². The van der Waals surface area contributed by atoms with Crippen LogP contribution in [0.25, 0.3) is 0 Å². The zero-order valence-corrected chi connectivity index (χ0v) is 18.6. The van der Waals surface area contributed by atoms with Crippen molar-refractivity contribution in [3.05, 3.63) is 94.8 Å². The van der Waals surface area contributed by atoms with Crippen LogP contribution >= 0.6 is 0 Å². The van der Waals surface area contributed by atoms with E-state index in [-0.39, 0.29) is 30.0 Å². The summed E-state index contributed by atoms with van der Waals surface area (Å²) >= 11 is 0. The fourth-order valence-electron chi connectivity index (χ4n) is 4.08. The normalized spacial score (nSPS) is 15.8. The Labute approximate surface area is 192 Å². The minimum atomic E-state index is -0.311. The third-order valence-corrected chi connectivity index (χ3v) is 5.95. The van der Waals surface area contributed by atoms with Gasteiger partial charge in [0.25, 0.3) is 5.91 Å². The van der Waals surface area contributed by atoms with E-state index in [2.05, 4.69) is 15.3 Å².